The Morgan fingerprint density at radius 2 is 2.00 bits per heavy atom. The molecule has 1 unspecified atom stereocenters. The van der Waals surface area contributed by atoms with E-state index in [2.05, 4.69) is 10.2 Å². The van der Waals surface area contributed by atoms with E-state index in [1.54, 1.807) is 0 Å². The summed E-state index contributed by atoms with van der Waals surface area (Å²) in [4.78, 5) is 2.27. The molecule has 1 aliphatic rings. The maximum absolute atomic E-state index is 10.9. The number of nitrogens with one attached hydrogen (secondary N) is 1. The van der Waals surface area contributed by atoms with Crippen molar-refractivity contribution in [2.45, 2.75) is 25.4 Å². The predicted octanol–water partition coefficient (Wildman–Crippen LogP) is -0.533. The Kier molecular flexibility index (Phi) is 6.40. The Bertz CT molecular complexity index is 300. The highest BCUT2D eigenvalue weighted by Crippen LogP contribution is 2.07. The van der Waals surface area contributed by atoms with Gasteiger partial charge in [-0.3, -0.25) is 0 Å². The highest BCUT2D eigenvalue weighted by Gasteiger charge is 2.15. The van der Waals surface area contributed by atoms with Crippen molar-refractivity contribution < 1.29 is 13.5 Å². The lowest BCUT2D eigenvalue weighted by molar-refractivity contribution is 0.124. The average Bonchev–Trinajstić information content (AvgIpc) is 2.68. The van der Waals surface area contributed by atoms with Gasteiger partial charge in [0.15, 0.2) is 0 Å². The monoisotopic (exact) mass is 264 g/mol. The van der Waals surface area contributed by atoms with Crippen LogP contribution in [0.3, 0.4) is 0 Å². The molecule has 5 nitrogen and oxygen atoms in total. The molecule has 17 heavy (non-hydrogen) atoms. The number of rotatable bonds is 8. The molecule has 1 heterocycles. The molecule has 0 radical (unpaired) electrons. The minimum Gasteiger partial charge on any atom is -0.390 e. The van der Waals surface area contributed by atoms with Crippen molar-refractivity contribution in [3.8, 4) is 0 Å². The second-order valence-corrected chi connectivity index (χ2v) is 7.11. The molecule has 1 saturated heterocycles. The first-order valence-electron chi connectivity index (χ1n) is 6.26. The Morgan fingerprint density at radius 1 is 1.35 bits per heavy atom. The van der Waals surface area contributed by atoms with Gasteiger partial charge in [-0.1, -0.05) is 0 Å². The second-order valence-electron chi connectivity index (χ2n) is 4.85. The van der Waals surface area contributed by atoms with Crippen LogP contribution in [0, 0.1) is 0 Å². The predicted molar refractivity (Wildman–Crippen MR) is 68.9 cm³/mol. The van der Waals surface area contributed by atoms with Crippen LogP contribution >= 0.6 is 0 Å². The van der Waals surface area contributed by atoms with E-state index in [9.17, 15) is 13.5 Å². The van der Waals surface area contributed by atoms with Crippen molar-refractivity contribution in [2.75, 3.05) is 44.7 Å². The molecule has 2 N–H and O–H groups in total. The highest BCUT2D eigenvalue weighted by molar-refractivity contribution is 7.90. The molecule has 1 atom stereocenters. The summed E-state index contributed by atoms with van der Waals surface area (Å²) in [5.41, 5.74) is 0. The zero-order valence-electron chi connectivity index (χ0n) is 10.6. The third-order valence-electron chi connectivity index (χ3n) is 2.92. The molecule has 0 aromatic carbocycles. The van der Waals surface area contributed by atoms with Crippen LogP contribution in [0.4, 0.5) is 0 Å². The van der Waals surface area contributed by atoms with Crippen LogP contribution in [-0.4, -0.2) is 69.3 Å². The molecule has 0 saturated carbocycles. The number of β-amino-alcohol motifs (C(OH)–C–C–N with tert-alkyl or cyclic N) is 1. The summed E-state index contributed by atoms with van der Waals surface area (Å²) in [6.07, 6.45) is 3.96. The highest BCUT2D eigenvalue weighted by atomic mass is 32.2. The van der Waals surface area contributed by atoms with Gasteiger partial charge in [0.05, 0.1) is 11.9 Å². The van der Waals surface area contributed by atoms with E-state index in [-0.39, 0.29) is 11.9 Å². The van der Waals surface area contributed by atoms with Crippen molar-refractivity contribution >= 4 is 9.84 Å². The minimum absolute atomic E-state index is 0.211. The fraction of sp³-hybridized carbons (Fsp3) is 1.00. The molecule has 6 heteroatoms. The van der Waals surface area contributed by atoms with Gasteiger partial charge < -0.3 is 15.3 Å². The summed E-state index contributed by atoms with van der Waals surface area (Å²) < 4.78 is 21.7. The third kappa shape index (κ3) is 7.70. The maximum Gasteiger partial charge on any atom is 0.147 e. The summed E-state index contributed by atoms with van der Waals surface area (Å²) >= 11 is 0. The molecule has 1 fully saturated rings. The fourth-order valence-corrected chi connectivity index (χ4v) is 2.72. The molecule has 102 valence electrons. The van der Waals surface area contributed by atoms with Crippen LogP contribution in [0.15, 0.2) is 0 Å². The van der Waals surface area contributed by atoms with Gasteiger partial charge >= 0.3 is 0 Å². The van der Waals surface area contributed by atoms with E-state index >= 15 is 0 Å². The average molecular weight is 264 g/mol. The first-order chi connectivity index (χ1) is 7.97. The summed E-state index contributed by atoms with van der Waals surface area (Å²) in [5, 5.41) is 12.8. The summed E-state index contributed by atoms with van der Waals surface area (Å²) in [6, 6.07) is 0. The molecule has 0 amide bonds. The molecular weight excluding hydrogens is 240 g/mol. The number of hydrogen-bond acceptors (Lipinski definition) is 5. The number of aliphatic hydroxyl groups excluding tert-OH is 1. The lowest BCUT2D eigenvalue weighted by atomic mass is 10.3. The van der Waals surface area contributed by atoms with Crippen LogP contribution in [0.5, 0.6) is 0 Å². The zero-order chi connectivity index (χ0) is 12.7. The summed E-state index contributed by atoms with van der Waals surface area (Å²) in [7, 11) is -2.85. The Balaban J connectivity index is 1.98. The van der Waals surface area contributed by atoms with Crippen molar-refractivity contribution in [1.82, 2.24) is 10.2 Å². The van der Waals surface area contributed by atoms with E-state index in [4.69, 9.17) is 0 Å². The Morgan fingerprint density at radius 3 is 2.59 bits per heavy atom. The molecule has 1 aliphatic heterocycles. The first-order valence-corrected chi connectivity index (χ1v) is 8.32. The largest absolute Gasteiger partial charge is 0.390 e. The number of aliphatic hydroxyl groups is 1. The molecule has 0 aromatic rings. The first kappa shape index (κ1) is 14.9. The molecular formula is C11H24N2O3S. The smallest absolute Gasteiger partial charge is 0.147 e. The quantitative estimate of drug-likeness (QED) is 0.577. The second kappa shape index (κ2) is 7.31. The maximum atomic E-state index is 10.9. The van der Waals surface area contributed by atoms with Gasteiger partial charge in [-0.2, -0.15) is 0 Å². The van der Waals surface area contributed by atoms with E-state index < -0.39 is 9.84 Å². The number of likely N-dealkylation sites (tertiary alicyclic amines) is 1. The Labute approximate surface area is 104 Å². The van der Waals surface area contributed by atoms with Crippen molar-refractivity contribution in [3.63, 3.8) is 0 Å². The van der Waals surface area contributed by atoms with Crippen LogP contribution < -0.4 is 5.32 Å². The van der Waals surface area contributed by atoms with Gasteiger partial charge in [-0.05, 0) is 38.9 Å². The van der Waals surface area contributed by atoms with Gasteiger partial charge in [0, 0.05) is 19.3 Å². The lowest BCUT2D eigenvalue weighted by Crippen LogP contribution is -2.37. The van der Waals surface area contributed by atoms with Crippen LogP contribution in [0.25, 0.3) is 0 Å². The van der Waals surface area contributed by atoms with Gasteiger partial charge in [0.1, 0.15) is 9.84 Å². The summed E-state index contributed by atoms with van der Waals surface area (Å²) in [5.74, 6) is 0.211. The molecule has 0 aromatic heterocycles. The molecule has 0 spiro atoms. The van der Waals surface area contributed by atoms with E-state index in [1.165, 1.54) is 19.1 Å². The van der Waals surface area contributed by atoms with Crippen LogP contribution in [-0.2, 0) is 9.84 Å². The molecule has 0 bridgehead atoms. The zero-order valence-corrected chi connectivity index (χ0v) is 11.4. The number of sulfone groups is 1. The van der Waals surface area contributed by atoms with Crippen molar-refractivity contribution in [3.05, 3.63) is 0 Å². The van der Waals surface area contributed by atoms with Gasteiger partial charge in [0.2, 0.25) is 0 Å². The van der Waals surface area contributed by atoms with Crippen LogP contribution in [0.1, 0.15) is 19.3 Å². The van der Waals surface area contributed by atoms with Gasteiger partial charge in [-0.25, -0.2) is 8.42 Å². The van der Waals surface area contributed by atoms with Gasteiger partial charge in [0.25, 0.3) is 0 Å². The standard InChI is InChI=1S/C11H24N2O3S/c1-17(15,16)8-4-5-12-9-11(14)10-13-6-2-3-7-13/h11-12,14H,2-10H2,1H3. The van der Waals surface area contributed by atoms with Crippen molar-refractivity contribution in [2.24, 2.45) is 0 Å². The van der Waals surface area contributed by atoms with E-state index in [0.29, 0.717) is 19.5 Å². The normalized spacial score (nSPS) is 19.6. The Hall–Kier alpha value is -0.170. The van der Waals surface area contributed by atoms with E-state index in [0.717, 1.165) is 19.6 Å². The fourth-order valence-electron chi connectivity index (χ4n) is 2.06. The van der Waals surface area contributed by atoms with E-state index in [1.807, 2.05) is 0 Å². The lowest BCUT2D eigenvalue weighted by Gasteiger charge is -2.19. The van der Waals surface area contributed by atoms with Gasteiger partial charge in [-0.15, -0.1) is 0 Å². The number of nitrogens with zero attached hydrogens (tertiary/aromatic N) is 1. The topological polar surface area (TPSA) is 69.6 Å². The summed E-state index contributed by atoms with van der Waals surface area (Å²) in [6.45, 7) is 4.08. The van der Waals surface area contributed by atoms with Crippen molar-refractivity contribution in [1.29, 1.82) is 0 Å². The minimum atomic E-state index is -2.85. The molecule has 1 rings (SSSR count). The third-order valence-corrected chi connectivity index (χ3v) is 3.95. The number of hydrogen-bond donors (Lipinski definition) is 2. The molecule has 0 aliphatic carbocycles. The van der Waals surface area contributed by atoms with Crippen LogP contribution in [0.2, 0.25) is 0 Å². The SMILES string of the molecule is CS(=O)(=O)CCCNCC(O)CN1CCCC1.